The predicted octanol–water partition coefficient (Wildman–Crippen LogP) is 36.6. The predicted molar refractivity (Wildman–Crippen MR) is 602 cm³/mol. The van der Waals surface area contributed by atoms with Crippen LogP contribution in [-0.4, -0.2) is 0 Å². The Bertz CT molecular complexity index is 9140. The molecule has 4 aliphatic carbocycles. The van der Waals surface area contributed by atoms with Crippen molar-refractivity contribution in [1.29, 1.82) is 0 Å². The van der Waals surface area contributed by atoms with Crippen molar-refractivity contribution in [2.24, 2.45) is 0 Å². The molecule has 2 heterocycles. The van der Waals surface area contributed by atoms with E-state index >= 15 is 0 Å². The zero-order chi connectivity index (χ0) is 96.4. The van der Waals surface area contributed by atoms with Gasteiger partial charge in [-0.05, 0) is 229 Å². The van der Waals surface area contributed by atoms with Gasteiger partial charge in [0.15, 0.2) is 0 Å². The van der Waals surface area contributed by atoms with Crippen molar-refractivity contribution in [3.8, 4) is 77.9 Å². The van der Waals surface area contributed by atoms with Crippen LogP contribution in [0, 0.1) is 0 Å². The first-order valence-electron chi connectivity index (χ1n) is 50.6. The number of furan rings is 2. The van der Waals surface area contributed by atoms with Gasteiger partial charge in [0.1, 0.15) is 22.3 Å². The molecule has 25 aromatic rings. The molecule has 2 aromatic heterocycles. The Balaban J connectivity index is 0.000000142. The molecule has 4 nitrogen and oxygen atoms in total. The summed E-state index contributed by atoms with van der Waals surface area (Å²) in [5.41, 5.74) is 44.9. The van der Waals surface area contributed by atoms with Crippen molar-refractivity contribution in [3.63, 3.8) is 0 Å². The van der Waals surface area contributed by atoms with E-state index in [1.165, 1.54) is 145 Å². The zero-order valence-corrected chi connectivity index (χ0v) is 80.0. The average molecular weight is 1860 g/mol. The Hall–Kier alpha value is -18.7. The molecule has 0 fully saturated rings. The van der Waals surface area contributed by atoms with Gasteiger partial charge in [-0.3, -0.25) is 0 Å². The third-order valence-corrected chi connectivity index (χ3v) is 31.7. The fourth-order valence-electron chi connectivity index (χ4n) is 25.7. The van der Waals surface area contributed by atoms with Crippen LogP contribution in [0.25, 0.3) is 122 Å². The molecule has 0 amide bonds. The summed E-state index contributed by atoms with van der Waals surface area (Å²) in [6.07, 6.45) is 0. The summed E-state index contributed by atoms with van der Waals surface area (Å²) in [5.74, 6) is 0. The van der Waals surface area contributed by atoms with Gasteiger partial charge in [-0.1, -0.05) is 491 Å². The van der Waals surface area contributed by atoms with Crippen LogP contribution < -0.4 is 9.80 Å². The van der Waals surface area contributed by atoms with Gasteiger partial charge in [-0.25, -0.2) is 0 Å². The molecule has 4 heteroatoms. The third kappa shape index (κ3) is 12.9. The minimum absolute atomic E-state index is 0.553. The highest BCUT2D eigenvalue weighted by molar-refractivity contribution is 6.12. The molecule has 29 rings (SSSR count). The number of rotatable bonds is 15. The van der Waals surface area contributed by atoms with Crippen LogP contribution in [-0.2, 0) is 21.7 Å². The maximum absolute atomic E-state index is 6.54. The first kappa shape index (κ1) is 85.3. The first-order chi connectivity index (χ1) is 72.4. The number of benzene rings is 23. The number of hydrogen-bond donors (Lipinski definition) is 0. The van der Waals surface area contributed by atoms with Crippen molar-refractivity contribution in [2.45, 2.75) is 21.7 Å². The minimum Gasteiger partial charge on any atom is -0.455 e. The number of anilines is 6. The van der Waals surface area contributed by atoms with E-state index in [-0.39, 0.29) is 0 Å². The van der Waals surface area contributed by atoms with Gasteiger partial charge in [0, 0.05) is 66.7 Å². The number of nitrogens with zero attached hydrogens (tertiary/aromatic N) is 2. The Labute approximate surface area is 849 Å². The quantitative estimate of drug-likeness (QED) is 0.102. The summed E-state index contributed by atoms with van der Waals surface area (Å²) in [4.78, 5) is 4.83. The molecular weight excluding hydrogens is 1770 g/mol. The van der Waals surface area contributed by atoms with Crippen LogP contribution in [0.2, 0.25) is 0 Å². The van der Waals surface area contributed by atoms with Crippen LogP contribution in [0.3, 0.4) is 0 Å². The second-order valence-corrected chi connectivity index (χ2v) is 38.9. The van der Waals surface area contributed by atoms with Gasteiger partial charge in [-0.2, -0.15) is 0 Å². The van der Waals surface area contributed by atoms with Crippen molar-refractivity contribution >= 4 is 78.0 Å². The molecule has 0 atom stereocenters. The molecule has 0 bridgehead atoms. The van der Waals surface area contributed by atoms with Crippen molar-refractivity contribution in [3.05, 3.63) is 659 Å². The van der Waals surface area contributed by atoms with Crippen LogP contribution in [0.5, 0.6) is 0 Å². The highest BCUT2D eigenvalue weighted by atomic mass is 16.3. The molecular formula is C142H94N2O2. The van der Waals surface area contributed by atoms with E-state index in [9.17, 15) is 0 Å². The van der Waals surface area contributed by atoms with Gasteiger partial charge < -0.3 is 18.6 Å². The Morgan fingerprint density at radius 3 is 0.733 bits per heavy atom. The van der Waals surface area contributed by atoms with Crippen LogP contribution in [0.1, 0.15) is 89.0 Å². The van der Waals surface area contributed by atoms with E-state index in [1.54, 1.807) is 0 Å². The average Bonchev–Trinajstić information content (AvgIpc) is 1.46. The maximum Gasteiger partial charge on any atom is 0.143 e. The summed E-state index contributed by atoms with van der Waals surface area (Å²) in [7, 11) is 0. The second-order valence-electron chi connectivity index (χ2n) is 38.9. The lowest BCUT2D eigenvalue weighted by Crippen LogP contribution is -2.44. The third-order valence-electron chi connectivity index (χ3n) is 31.7. The maximum atomic E-state index is 6.54. The van der Waals surface area contributed by atoms with E-state index in [0.29, 0.717) is 0 Å². The molecule has 4 aliphatic rings. The van der Waals surface area contributed by atoms with E-state index in [0.717, 1.165) is 100 Å². The SMILES string of the molecule is c1ccc(-c2ccc(N(c3ccc(-c4cccc5c4-c4ccccc4C54c5ccccc5C(c5ccccc5)(c5ccccc5)c5ccccc54)cc3)c3ccc(-c4cccc5c4oc4ccccc45)cc3)cc2)cc1.c1ccc(-c2ccc(N(c3ccc(-c4cccc5c4oc4ccccc45)cc3)c3cccc4c3-c3ccccc3C43c4ccccc4C(c4ccccc4)(c4ccccc4)c4ccccc43)cc2)cc1. The Morgan fingerprint density at radius 2 is 0.370 bits per heavy atom. The number of hydrogen-bond acceptors (Lipinski definition) is 4. The lowest BCUT2D eigenvalue weighted by atomic mass is 9.51. The van der Waals surface area contributed by atoms with Gasteiger partial charge in [0.25, 0.3) is 0 Å². The lowest BCUT2D eigenvalue weighted by molar-refractivity contribution is 0.623. The molecule has 2 spiro atoms. The zero-order valence-electron chi connectivity index (χ0n) is 80.0. The van der Waals surface area contributed by atoms with Crippen molar-refractivity contribution in [2.75, 3.05) is 9.80 Å². The van der Waals surface area contributed by atoms with Crippen LogP contribution >= 0.6 is 0 Å². The highest BCUT2D eigenvalue weighted by Gasteiger charge is 2.59. The van der Waals surface area contributed by atoms with E-state index in [2.05, 4.69) is 562 Å². The molecule has 0 saturated carbocycles. The molecule has 0 aliphatic heterocycles. The van der Waals surface area contributed by atoms with Gasteiger partial charge >= 0.3 is 0 Å². The smallest absolute Gasteiger partial charge is 0.143 e. The fraction of sp³-hybridized carbons (Fsp3) is 0.0282. The van der Waals surface area contributed by atoms with Crippen LogP contribution in [0.4, 0.5) is 34.1 Å². The van der Waals surface area contributed by atoms with Crippen molar-refractivity contribution in [1.82, 2.24) is 0 Å². The monoisotopic (exact) mass is 1860 g/mol. The molecule has 684 valence electrons. The minimum atomic E-state index is -0.625. The summed E-state index contributed by atoms with van der Waals surface area (Å²) < 4.78 is 13.0. The van der Waals surface area contributed by atoms with E-state index in [4.69, 9.17) is 8.83 Å². The molecule has 0 saturated heterocycles. The molecule has 23 aromatic carbocycles. The van der Waals surface area contributed by atoms with E-state index in [1.807, 2.05) is 18.2 Å². The number of para-hydroxylation sites is 4. The van der Waals surface area contributed by atoms with Crippen LogP contribution in [0.15, 0.2) is 579 Å². The lowest BCUT2D eigenvalue weighted by Gasteiger charge is -2.50. The van der Waals surface area contributed by atoms with Gasteiger partial charge in [0.05, 0.1) is 27.3 Å². The fourth-order valence-corrected chi connectivity index (χ4v) is 25.7. The largest absolute Gasteiger partial charge is 0.455 e. The Kier molecular flexibility index (Phi) is 20.2. The summed E-state index contributed by atoms with van der Waals surface area (Å²) in [5, 5.41) is 4.51. The summed E-state index contributed by atoms with van der Waals surface area (Å²) in [6, 6.07) is 210. The molecule has 146 heavy (non-hydrogen) atoms. The standard InChI is InChI=1S/C74H49NO.C68H45NO/c1-4-20-50(21-5-1)51-38-44-56(45-39-51)75(58-48-42-53(43-49-58)60-29-18-30-62-61-26-11-17-37-70(61)76-72(60)62)57-46-40-52(41-47-57)59-28-19-36-69-71(59)63-27-10-12-31-64(63)74(69)67-34-15-13-32-65(67)73(54-22-6-2-7-23-54,55-24-8-3-9-25-55)66-33-14-16-35-68(66)74;1-4-20-46(21-5-1)47-38-42-51(43-39-47)69(52-44-40-48(41-45-52)53-28-18-29-55-54-26-11-17-37-64(54)70-66(53)55)63-36-19-35-62-65(63)56-27-10-12-30-57(56)68(62)60-33-15-13-31-58(60)67(49-22-6-2-7-23-49,50-24-8-3-9-25-50)59-32-14-16-34-61(59)68/h1-49H;1-45H. The Morgan fingerprint density at radius 1 is 0.137 bits per heavy atom. The topological polar surface area (TPSA) is 32.8 Å². The highest BCUT2D eigenvalue weighted by Crippen LogP contribution is 2.69. The second kappa shape index (κ2) is 34.6. The molecule has 0 radical (unpaired) electrons. The van der Waals surface area contributed by atoms with E-state index < -0.39 is 21.7 Å². The van der Waals surface area contributed by atoms with Crippen molar-refractivity contribution < 1.29 is 8.83 Å². The normalized spacial score (nSPS) is 13.6. The summed E-state index contributed by atoms with van der Waals surface area (Å²) >= 11 is 0. The summed E-state index contributed by atoms with van der Waals surface area (Å²) in [6.45, 7) is 0. The number of fused-ring (bicyclic) bond motifs is 24. The molecule has 0 unspecified atom stereocenters. The first-order valence-corrected chi connectivity index (χ1v) is 50.6. The van der Waals surface area contributed by atoms with Gasteiger partial charge in [-0.15, -0.1) is 0 Å². The van der Waals surface area contributed by atoms with Gasteiger partial charge in [0.2, 0.25) is 0 Å². The molecule has 0 N–H and O–H groups in total.